The van der Waals surface area contributed by atoms with Crippen LogP contribution >= 0.6 is 23.2 Å². The minimum Gasteiger partial charge on any atom is -0.444 e. The smallest absolute Gasteiger partial charge is 0.411 e. The lowest BCUT2D eigenvalue weighted by Crippen LogP contribution is -2.50. The Morgan fingerprint density at radius 3 is 2.35 bits per heavy atom. The van der Waals surface area contributed by atoms with Crippen LogP contribution in [0.1, 0.15) is 32.8 Å². The van der Waals surface area contributed by atoms with Crippen LogP contribution in [0, 0.1) is 0 Å². The van der Waals surface area contributed by atoms with E-state index in [1.807, 2.05) is 0 Å². The average molecular weight is 358 g/mol. The van der Waals surface area contributed by atoms with Gasteiger partial charge in [-0.2, -0.15) is 0 Å². The molecule has 0 saturated heterocycles. The van der Waals surface area contributed by atoms with Gasteiger partial charge in [0.25, 0.3) is 0 Å². The average Bonchev–Trinajstić information content (AvgIpc) is 2.45. The van der Waals surface area contributed by atoms with Gasteiger partial charge < -0.3 is 9.53 Å². The SMILES string of the molecule is C=CCC(C=O)(c1ccc(Cl)c(Cl)c1)N(C)C(=O)OC(C)(C)C. The largest absolute Gasteiger partial charge is 0.444 e. The zero-order chi connectivity index (χ0) is 17.8. The van der Waals surface area contributed by atoms with Crippen LogP contribution < -0.4 is 0 Å². The first-order valence-electron chi connectivity index (χ1n) is 7.07. The molecule has 126 valence electrons. The normalized spacial score (nSPS) is 13.8. The van der Waals surface area contributed by atoms with Crippen LogP contribution in [0.3, 0.4) is 0 Å². The highest BCUT2D eigenvalue weighted by Crippen LogP contribution is 2.34. The number of rotatable bonds is 5. The molecule has 0 N–H and O–H groups in total. The molecule has 0 saturated carbocycles. The molecule has 0 heterocycles. The molecule has 0 aliphatic heterocycles. The van der Waals surface area contributed by atoms with Crippen molar-refractivity contribution < 1.29 is 14.3 Å². The predicted octanol–water partition coefficient (Wildman–Crippen LogP) is 4.83. The Hall–Kier alpha value is -1.52. The number of benzene rings is 1. The molecule has 4 nitrogen and oxygen atoms in total. The van der Waals surface area contributed by atoms with Gasteiger partial charge in [0.05, 0.1) is 10.0 Å². The highest BCUT2D eigenvalue weighted by atomic mass is 35.5. The topological polar surface area (TPSA) is 46.6 Å². The zero-order valence-corrected chi connectivity index (χ0v) is 15.2. The number of carbonyl (C=O) groups excluding carboxylic acids is 2. The summed E-state index contributed by atoms with van der Waals surface area (Å²) < 4.78 is 5.36. The van der Waals surface area contributed by atoms with Crippen LogP contribution in [0.5, 0.6) is 0 Å². The summed E-state index contributed by atoms with van der Waals surface area (Å²) in [5.41, 5.74) is -1.40. The summed E-state index contributed by atoms with van der Waals surface area (Å²) in [6, 6.07) is 4.82. The third-order valence-corrected chi connectivity index (χ3v) is 4.07. The van der Waals surface area contributed by atoms with Crippen molar-refractivity contribution in [2.24, 2.45) is 0 Å². The van der Waals surface area contributed by atoms with Crippen molar-refractivity contribution in [3.05, 3.63) is 46.5 Å². The minimum absolute atomic E-state index is 0.213. The molecule has 0 radical (unpaired) electrons. The molecule has 1 atom stereocenters. The molecular formula is C17H21Cl2NO3. The van der Waals surface area contributed by atoms with E-state index in [4.69, 9.17) is 27.9 Å². The number of hydrogen-bond acceptors (Lipinski definition) is 3. The third-order valence-electron chi connectivity index (χ3n) is 3.34. The summed E-state index contributed by atoms with van der Waals surface area (Å²) in [7, 11) is 1.51. The fraction of sp³-hybridized carbons (Fsp3) is 0.412. The van der Waals surface area contributed by atoms with Crippen LogP contribution in [0.2, 0.25) is 10.0 Å². The van der Waals surface area contributed by atoms with Gasteiger partial charge in [0.15, 0.2) is 6.29 Å². The molecule has 1 unspecified atom stereocenters. The van der Waals surface area contributed by atoms with Gasteiger partial charge in [-0.15, -0.1) is 6.58 Å². The molecule has 0 aliphatic carbocycles. The van der Waals surface area contributed by atoms with Crippen LogP contribution in [0.25, 0.3) is 0 Å². The van der Waals surface area contributed by atoms with Gasteiger partial charge in [0.1, 0.15) is 11.1 Å². The molecule has 23 heavy (non-hydrogen) atoms. The van der Waals surface area contributed by atoms with Crippen molar-refractivity contribution >= 4 is 35.6 Å². The van der Waals surface area contributed by atoms with E-state index in [1.54, 1.807) is 45.0 Å². The fourth-order valence-corrected chi connectivity index (χ4v) is 2.42. The van der Waals surface area contributed by atoms with E-state index in [1.165, 1.54) is 11.9 Å². The quantitative estimate of drug-likeness (QED) is 0.559. The Labute approximate surface area is 147 Å². The summed E-state index contributed by atoms with van der Waals surface area (Å²) in [5, 5.41) is 0.672. The van der Waals surface area contributed by atoms with Crippen molar-refractivity contribution in [1.82, 2.24) is 4.90 Å². The van der Waals surface area contributed by atoms with Gasteiger partial charge in [-0.1, -0.05) is 35.3 Å². The van der Waals surface area contributed by atoms with Crippen molar-refractivity contribution in [1.29, 1.82) is 0 Å². The Bertz CT molecular complexity index is 610. The molecule has 1 aromatic rings. The van der Waals surface area contributed by atoms with E-state index in [0.717, 1.165) is 0 Å². The number of amides is 1. The van der Waals surface area contributed by atoms with Crippen molar-refractivity contribution in [3.8, 4) is 0 Å². The van der Waals surface area contributed by atoms with Gasteiger partial charge in [-0.05, 0) is 44.9 Å². The summed E-state index contributed by atoms with van der Waals surface area (Å²) in [5.74, 6) is 0. The highest BCUT2D eigenvalue weighted by Gasteiger charge is 2.40. The molecule has 0 bridgehead atoms. The molecule has 0 spiro atoms. The maximum absolute atomic E-state index is 12.4. The highest BCUT2D eigenvalue weighted by molar-refractivity contribution is 6.42. The first-order chi connectivity index (χ1) is 10.6. The Morgan fingerprint density at radius 2 is 1.91 bits per heavy atom. The van der Waals surface area contributed by atoms with Crippen LogP contribution in [-0.4, -0.2) is 29.9 Å². The first-order valence-corrected chi connectivity index (χ1v) is 7.82. The summed E-state index contributed by atoms with van der Waals surface area (Å²) in [6.07, 6.45) is 1.86. The Morgan fingerprint density at radius 1 is 1.30 bits per heavy atom. The number of hydrogen-bond donors (Lipinski definition) is 0. The van der Waals surface area contributed by atoms with E-state index in [2.05, 4.69) is 6.58 Å². The number of nitrogens with zero attached hydrogens (tertiary/aromatic N) is 1. The molecule has 1 rings (SSSR count). The van der Waals surface area contributed by atoms with Crippen LogP contribution in [-0.2, 0) is 15.1 Å². The molecule has 0 aromatic heterocycles. The van der Waals surface area contributed by atoms with Gasteiger partial charge in [-0.3, -0.25) is 4.90 Å². The second-order valence-corrected chi connectivity index (χ2v) is 7.02. The van der Waals surface area contributed by atoms with Gasteiger partial charge in [0, 0.05) is 7.05 Å². The zero-order valence-electron chi connectivity index (χ0n) is 13.7. The number of ether oxygens (including phenoxy) is 1. The lowest BCUT2D eigenvalue weighted by atomic mass is 9.86. The first kappa shape index (κ1) is 19.5. The Balaban J connectivity index is 3.35. The third kappa shape index (κ3) is 4.49. The van der Waals surface area contributed by atoms with E-state index in [9.17, 15) is 9.59 Å². The summed E-state index contributed by atoms with van der Waals surface area (Å²) >= 11 is 12.0. The second-order valence-electron chi connectivity index (χ2n) is 6.20. The standard InChI is InChI=1S/C17H21Cl2NO3/c1-6-9-17(11-21,12-7-8-13(18)14(19)10-12)20(5)15(22)23-16(2,3)4/h6-8,10-11H,1,9H2,2-5H3. The lowest BCUT2D eigenvalue weighted by molar-refractivity contribution is -0.118. The number of carbonyl (C=O) groups is 2. The predicted molar refractivity (Wildman–Crippen MR) is 93.0 cm³/mol. The molecule has 1 aromatic carbocycles. The Kier molecular flexibility index (Phi) is 6.25. The van der Waals surface area contributed by atoms with Gasteiger partial charge in [0.2, 0.25) is 0 Å². The molecule has 6 heteroatoms. The second kappa shape index (κ2) is 7.37. The molecular weight excluding hydrogens is 337 g/mol. The van der Waals surface area contributed by atoms with E-state index in [0.29, 0.717) is 21.9 Å². The summed E-state index contributed by atoms with van der Waals surface area (Å²) in [6.45, 7) is 8.95. The number of halogens is 2. The molecule has 0 fully saturated rings. The maximum atomic E-state index is 12.4. The number of likely N-dealkylation sites (N-methyl/N-ethyl adjacent to an activating group) is 1. The van der Waals surface area contributed by atoms with E-state index in [-0.39, 0.29) is 6.42 Å². The van der Waals surface area contributed by atoms with Crippen molar-refractivity contribution in [2.75, 3.05) is 7.05 Å². The van der Waals surface area contributed by atoms with Crippen molar-refractivity contribution in [2.45, 2.75) is 38.3 Å². The number of aldehydes is 1. The lowest BCUT2D eigenvalue weighted by Gasteiger charge is -2.38. The van der Waals surface area contributed by atoms with Gasteiger partial charge >= 0.3 is 6.09 Å². The van der Waals surface area contributed by atoms with Crippen LogP contribution in [0.4, 0.5) is 4.79 Å². The van der Waals surface area contributed by atoms with Gasteiger partial charge in [-0.25, -0.2) is 4.79 Å². The van der Waals surface area contributed by atoms with E-state index >= 15 is 0 Å². The fourth-order valence-electron chi connectivity index (χ4n) is 2.12. The molecule has 0 aliphatic rings. The van der Waals surface area contributed by atoms with E-state index < -0.39 is 17.2 Å². The summed E-state index contributed by atoms with van der Waals surface area (Å²) in [4.78, 5) is 25.6. The monoisotopic (exact) mass is 357 g/mol. The van der Waals surface area contributed by atoms with Crippen LogP contribution in [0.15, 0.2) is 30.9 Å². The minimum atomic E-state index is -1.27. The maximum Gasteiger partial charge on any atom is 0.411 e. The molecule has 1 amide bonds. The van der Waals surface area contributed by atoms with Crippen molar-refractivity contribution in [3.63, 3.8) is 0 Å².